The summed E-state index contributed by atoms with van der Waals surface area (Å²) in [6.07, 6.45) is 13.1. The third kappa shape index (κ3) is 3.25. The molecule has 0 aromatic carbocycles. The standard InChI is InChI=1S/C14H23N3/c1-2-3-11-4-6-12(7-5-11)14(15)13-10-16-8-9-17-13/h8-12,14H,2-7,15H2,1H3. The summed E-state index contributed by atoms with van der Waals surface area (Å²) >= 11 is 0. The molecule has 2 N–H and O–H groups in total. The van der Waals surface area contributed by atoms with Gasteiger partial charge in [-0.05, 0) is 24.7 Å². The van der Waals surface area contributed by atoms with Gasteiger partial charge in [0.2, 0.25) is 0 Å². The molecule has 1 unspecified atom stereocenters. The van der Waals surface area contributed by atoms with Crippen molar-refractivity contribution in [3.63, 3.8) is 0 Å². The normalized spacial score (nSPS) is 26.7. The van der Waals surface area contributed by atoms with Crippen LogP contribution in [0.4, 0.5) is 0 Å². The van der Waals surface area contributed by atoms with E-state index in [1.807, 2.05) is 6.20 Å². The van der Waals surface area contributed by atoms with Gasteiger partial charge in [-0.1, -0.05) is 32.6 Å². The van der Waals surface area contributed by atoms with Crippen LogP contribution in [-0.4, -0.2) is 9.97 Å². The van der Waals surface area contributed by atoms with Crippen LogP contribution >= 0.6 is 0 Å². The number of nitrogens with two attached hydrogens (primary N) is 1. The fraction of sp³-hybridized carbons (Fsp3) is 0.714. The third-order valence-corrected chi connectivity index (χ3v) is 4.02. The summed E-state index contributed by atoms with van der Waals surface area (Å²) in [6, 6.07) is 0.0753. The summed E-state index contributed by atoms with van der Waals surface area (Å²) in [5.41, 5.74) is 7.24. The lowest BCUT2D eigenvalue weighted by molar-refractivity contribution is 0.232. The second-order valence-electron chi connectivity index (χ2n) is 5.23. The van der Waals surface area contributed by atoms with Crippen LogP contribution in [0, 0.1) is 11.8 Å². The molecule has 0 radical (unpaired) electrons. The van der Waals surface area contributed by atoms with Crippen molar-refractivity contribution in [3.8, 4) is 0 Å². The highest BCUT2D eigenvalue weighted by atomic mass is 14.8. The van der Waals surface area contributed by atoms with E-state index in [1.54, 1.807) is 12.4 Å². The molecule has 0 amide bonds. The second kappa shape index (κ2) is 6.10. The fourth-order valence-electron chi connectivity index (χ4n) is 2.97. The zero-order chi connectivity index (χ0) is 12.1. The van der Waals surface area contributed by atoms with Gasteiger partial charge in [0.15, 0.2) is 0 Å². The Morgan fingerprint density at radius 1 is 1.29 bits per heavy atom. The van der Waals surface area contributed by atoms with Gasteiger partial charge in [0.25, 0.3) is 0 Å². The monoisotopic (exact) mass is 233 g/mol. The predicted octanol–water partition coefficient (Wildman–Crippen LogP) is 3.08. The van der Waals surface area contributed by atoms with E-state index in [0.717, 1.165) is 11.6 Å². The van der Waals surface area contributed by atoms with Gasteiger partial charge in [-0.2, -0.15) is 0 Å². The maximum Gasteiger partial charge on any atom is 0.0756 e. The molecule has 1 aromatic rings. The van der Waals surface area contributed by atoms with Gasteiger partial charge < -0.3 is 5.73 Å². The number of hydrogen-bond donors (Lipinski definition) is 1. The predicted molar refractivity (Wildman–Crippen MR) is 69.3 cm³/mol. The minimum atomic E-state index is 0.0753. The van der Waals surface area contributed by atoms with Crippen LogP contribution in [-0.2, 0) is 0 Å². The Bertz CT molecular complexity index is 317. The van der Waals surface area contributed by atoms with Crippen LogP contribution in [0.15, 0.2) is 18.6 Å². The first kappa shape index (κ1) is 12.5. The Balaban J connectivity index is 1.88. The van der Waals surface area contributed by atoms with E-state index in [4.69, 9.17) is 5.73 Å². The highest BCUT2D eigenvalue weighted by Crippen LogP contribution is 2.36. The minimum Gasteiger partial charge on any atom is -0.322 e. The lowest BCUT2D eigenvalue weighted by Gasteiger charge is -2.31. The van der Waals surface area contributed by atoms with Crippen molar-refractivity contribution >= 4 is 0 Å². The molecule has 0 aliphatic heterocycles. The summed E-state index contributed by atoms with van der Waals surface area (Å²) in [7, 11) is 0. The number of nitrogens with zero attached hydrogens (tertiary/aromatic N) is 2. The molecular weight excluding hydrogens is 210 g/mol. The molecule has 3 nitrogen and oxygen atoms in total. The third-order valence-electron chi connectivity index (χ3n) is 4.02. The molecule has 0 saturated heterocycles. The Morgan fingerprint density at radius 3 is 2.65 bits per heavy atom. The average Bonchev–Trinajstić information content (AvgIpc) is 2.40. The van der Waals surface area contributed by atoms with Gasteiger partial charge in [0.1, 0.15) is 0 Å². The van der Waals surface area contributed by atoms with Crippen molar-refractivity contribution in [2.24, 2.45) is 17.6 Å². The zero-order valence-corrected chi connectivity index (χ0v) is 10.7. The highest BCUT2D eigenvalue weighted by molar-refractivity contribution is 5.03. The van der Waals surface area contributed by atoms with Gasteiger partial charge in [0, 0.05) is 18.6 Å². The number of rotatable bonds is 4. The molecule has 1 saturated carbocycles. The fourth-order valence-corrected chi connectivity index (χ4v) is 2.97. The lowest BCUT2D eigenvalue weighted by Crippen LogP contribution is -2.26. The van der Waals surface area contributed by atoms with E-state index < -0.39 is 0 Å². The summed E-state index contributed by atoms with van der Waals surface area (Å²) in [5.74, 6) is 1.53. The zero-order valence-electron chi connectivity index (χ0n) is 10.7. The van der Waals surface area contributed by atoms with E-state index in [-0.39, 0.29) is 6.04 Å². The SMILES string of the molecule is CCCC1CCC(C(N)c2cnccn2)CC1. The molecule has 1 atom stereocenters. The Morgan fingerprint density at radius 2 is 2.06 bits per heavy atom. The van der Waals surface area contributed by atoms with Crippen LogP contribution in [0.25, 0.3) is 0 Å². The molecule has 0 bridgehead atoms. The molecule has 94 valence electrons. The molecule has 1 aliphatic carbocycles. The van der Waals surface area contributed by atoms with Crippen molar-refractivity contribution < 1.29 is 0 Å². The van der Waals surface area contributed by atoms with Crippen LogP contribution in [0.5, 0.6) is 0 Å². The number of hydrogen-bond acceptors (Lipinski definition) is 3. The van der Waals surface area contributed by atoms with Crippen LogP contribution in [0.2, 0.25) is 0 Å². The average molecular weight is 233 g/mol. The largest absolute Gasteiger partial charge is 0.322 e. The number of aromatic nitrogens is 2. The Kier molecular flexibility index (Phi) is 4.49. The van der Waals surface area contributed by atoms with Crippen LogP contribution in [0.1, 0.15) is 57.2 Å². The van der Waals surface area contributed by atoms with Gasteiger partial charge >= 0.3 is 0 Å². The van der Waals surface area contributed by atoms with Gasteiger partial charge in [-0.25, -0.2) is 0 Å². The van der Waals surface area contributed by atoms with E-state index in [0.29, 0.717) is 5.92 Å². The van der Waals surface area contributed by atoms with Gasteiger partial charge in [-0.15, -0.1) is 0 Å². The molecule has 1 heterocycles. The van der Waals surface area contributed by atoms with E-state index in [1.165, 1.54) is 38.5 Å². The molecule has 1 aliphatic rings. The van der Waals surface area contributed by atoms with E-state index in [9.17, 15) is 0 Å². The molecule has 1 fully saturated rings. The van der Waals surface area contributed by atoms with Crippen molar-refractivity contribution in [2.75, 3.05) is 0 Å². The smallest absolute Gasteiger partial charge is 0.0756 e. The van der Waals surface area contributed by atoms with E-state index in [2.05, 4.69) is 16.9 Å². The molecule has 17 heavy (non-hydrogen) atoms. The van der Waals surface area contributed by atoms with Crippen molar-refractivity contribution in [1.29, 1.82) is 0 Å². The van der Waals surface area contributed by atoms with Crippen molar-refractivity contribution in [1.82, 2.24) is 9.97 Å². The van der Waals surface area contributed by atoms with E-state index >= 15 is 0 Å². The van der Waals surface area contributed by atoms with Crippen LogP contribution in [0.3, 0.4) is 0 Å². The Hall–Kier alpha value is -0.960. The molecule has 2 rings (SSSR count). The van der Waals surface area contributed by atoms with Crippen molar-refractivity contribution in [3.05, 3.63) is 24.3 Å². The topological polar surface area (TPSA) is 51.8 Å². The molecule has 0 spiro atoms. The summed E-state index contributed by atoms with van der Waals surface area (Å²) in [5, 5.41) is 0. The quantitative estimate of drug-likeness (QED) is 0.869. The highest BCUT2D eigenvalue weighted by Gasteiger charge is 2.26. The molecule has 1 aromatic heterocycles. The van der Waals surface area contributed by atoms with Gasteiger partial charge in [0.05, 0.1) is 11.7 Å². The van der Waals surface area contributed by atoms with Crippen LogP contribution < -0.4 is 5.73 Å². The summed E-state index contributed by atoms with van der Waals surface area (Å²) in [6.45, 7) is 2.28. The van der Waals surface area contributed by atoms with Gasteiger partial charge in [-0.3, -0.25) is 9.97 Å². The second-order valence-corrected chi connectivity index (χ2v) is 5.23. The first-order chi connectivity index (χ1) is 8.31. The maximum atomic E-state index is 6.29. The van der Waals surface area contributed by atoms with Crippen molar-refractivity contribution in [2.45, 2.75) is 51.5 Å². The first-order valence-corrected chi connectivity index (χ1v) is 6.82. The summed E-state index contributed by atoms with van der Waals surface area (Å²) in [4.78, 5) is 8.42. The molecular formula is C14H23N3. The maximum absolute atomic E-state index is 6.29. The molecule has 3 heteroatoms. The summed E-state index contributed by atoms with van der Waals surface area (Å²) < 4.78 is 0. The lowest BCUT2D eigenvalue weighted by atomic mass is 9.76. The minimum absolute atomic E-state index is 0.0753. The first-order valence-electron chi connectivity index (χ1n) is 6.82. The Labute approximate surface area is 104 Å².